The summed E-state index contributed by atoms with van der Waals surface area (Å²) in [6.45, 7) is 8.64. The van der Waals surface area contributed by atoms with Crippen LogP contribution >= 0.6 is 0 Å². The smallest absolute Gasteiger partial charge is 0.373 e. The van der Waals surface area contributed by atoms with Gasteiger partial charge in [0, 0.05) is 18.0 Å². The van der Waals surface area contributed by atoms with E-state index in [0.29, 0.717) is 25.4 Å². The summed E-state index contributed by atoms with van der Waals surface area (Å²) in [4.78, 5) is 23.9. The van der Waals surface area contributed by atoms with Crippen LogP contribution < -0.4 is 10.1 Å². The summed E-state index contributed by atoms with van der Waals surface area (Å²) in [7, 11) is 0. The molecule has 31 heavy (non-hydrogen) atoms. The molecular weight excluding hydrogens is 394 g/mol. The third-order valence-electron chi connectivity index (χ3n) is 4.25. The molecule has 0 aliphatic heterocycles. The third-order valence-corrected chi connectivity index (χ3v) is 4.25. The molecule has 0 heterocycles. The molecule has 0 radical (unpaired) electrons. The Morgan fingerprint density at radius 1 is 0.935 bits per heavy atom. The van der Waals surface area contributed by atoms with Gasteiger partial charge < -0.3 is 19.5 Å². The van der Waals surface area contributed by atoms with Crippen molar-refractivity contribution in [2.45, 2.75) is 40.2 Å². The van der Waals surface area contributed by atoms with Gasteiger partial charge >= 0.3 is 5.97 Å². The average Bonchev–Trinajstić information content (AvgIpc) is 2.75. The number of rotatable bonds is 11. The number of hydrogen-bond acceptors (Lipinski definition) is 5. The van der Waals surface area contributed by atoms with Gasteiger partial charge in [-0.15, -0.1) is 0 Å². The highest BCUT2D eigenvalue weighted by Gasteiger charge is 2.11. The van der Waals surface area contributed by atoms with Gasteiger partial charge in [0.05, 0.1) is 19.8 Å². The largest absolute Gasteiger partial charge is 0.493 e. The van der Waals surface area contributed by atoms with E-state index in [1.54, 1.807) is 13.0 Å². The molecule has 1 amide bonds. The number of ether oxygens (including phenoxy) is 3. The summed E-state index contributed by atoms with van der Waals surface area (Å²) in [5.74, 6) is 0.377. The molecule has 6 nitrogen and oxygen atoms in total. The molecule has 0 spiro atoms. The van der Waals surface area contributed by atoms with Crippen molar-refractivity contribution in [3.63, 3.8) is 0 Å². The van der Waals surface area contributed by atoms with Crippen LogP contribution in [0.4, 0.5) is 0 Å². The Morgan fingerprint density at radius 2 is 1.58 bits per heavy atom. The van der Waals surface area contributed by atoms with E-state index in [1.807, 2.05) is 69.3 Å². The van der Waals surface area contributed by atoms with Crippen LogP contribution in [0, 0.1) is 0 Å². The summed E-state index contributed by atoms with van der Waals surface area (Å²) in [6.07, 6.45) is 2.38. The minimum atomic E-state index is -0.475. The van der Waals surface area contributed by atoms with Crippen molar-refractivity contribution in [3.8, 4) is 5.75 Å². The maximum Gasteiger partial charge on any atom is 0.373 e. The topological polar surface area (TPSA) is 73.9 Å². The van der Waals surface area contributed by atoms with Gasteiger partial charge in [-0.1, -0.05) is 24.3 Å². The van der Waals surface area contributed by atoms with Crippen LogP contribution in [0.5, 0.6) is 5.75 Å². The fourth-order valence-corrected chi connectivity index (χ4v) is 2.78. The average molecular weight is 426 g/mol. The molecule has 0 saturated heterocycles. The predicted octanol–water partition coefficient (Wildman–Crippen LogP) is 4.39. The van der Waals surface area contributed by atoms with Crippen molar-refractivity contribution < 1.29 is 23.8 Å². The molecule has 0 aromatic heterocycles. The highest BCUT2D eigenvalue weighted by molar-refractivity contribution is 5.94. The monoisotopic (exact) mass is 425 g/mol. The molecule has 0 atom stereocenters. The lowest BCUT2D eigenvalue weighted by molar-refractivity contribution is -0.142. The Morgan fingerprint density at radius 3 is 2.16 bits per heavy atom. The van der Waals surface area contributed by atoms with Crippen molar-refractivity contribution in [1.29, 1.82) is 0 Å². The molecular formula is C25H31NO5. The Kier molecular flexibility index (Phi) is 9.62. The zero-order chi connectivity index (χ0) is 22.6. The molecule has 6 heteroatoms. The molecule has 0 aliphatic rings. The molecule has 2 rings (SSSR count). The van der Waals surface area contributed by atoms with Crippen LogP contribution in [0.1, 0.15) is 49.2 Å². The lowest BCUT2D eigenvalue weighted by Gasteiger charge is -2.10. The first-order chi connectivity index (χ1) is 14.9. The molecule has 0 bridgehead atoms. The fourth-order valence-electron chi connectivity index (χ4n) is 2.78. The second-order valence-electron chi connectivity index (χ2n) is 7.15. The van der Waals surface area contributed by atoms with Crippen molar-refractivity contribution in [2.24, 2.45) is 0 Å². The van der Waals surface area contributed by atoms with Crippen LogP contribution in [0.3, 0.4) is 0 Å². The standard InChI is InChI=1S/C25H31NO5/c1-5-29-23(25(28)30-6-2)17-20-9-13-22(14-10-20)31-16-15-19-7-11-21(12-8-19)24(27)26-18(3)4/h7-14,17-18H,5-6,15-16H2,1-4H3,(H,26,27)/b23-17-. The minimum Gasteiger partial charge on any atom is -0.493 e. The van der Waals surface area contributed by atoms with Crippen LogP contribution in [-0.2, 0) is 20.7 Å². The van der Waals surface area contributed by atoms with Crippen LogP contribution in [0.15, 0.2) is 54.3 Å². The lowest BCUT2D eigenvalue weighted by atomic mass is 10.1. The quantitative estimate of drug-likeness (QED) is 0.328. The number of esters is 1. The molecule has 1 N–H and O–H groups in total. The normalized spacial score (nSPS) is 11.2. The minimum absolute atomic E-state index is 0.0672. The first kappa shape index (κ1) is 24.0. The molecule has 0 aliphatic carbocycles. The van der Waals surface area contributed by atoms with Crippen molar-refractivity contribution in [1.82, 2.24) is 5.32 Å². The maximum atomic E-state index is 12.0. The number of nitrogens with one attached hydrogen (secondary N) is 1. The molecule has 0 saturated carbocycles. The first-order valence-electron chi connectivity index (χ1n) is 10.6. The summed E-state index contributed by atoms with van der Waals surface area (Å²) in [6, 6.07) is 15.1. The van der Waals surface area contributed by atoms with E-state index in [1.165, 1.54) is 0 Å². The number of benzene rings is 2. The lowest BCUT2D eigenvalue weighted by Crippen LogP contribution is -2.29. The molecule has 166 valence electrons. The molecule has 2 aromatic carbocycles. The Labute approximate surface area is 184 Å². The van der Waals surface area contributed by atoms with E-state index in [9.17, 15) is 9.59 Å². The van der Waals surface area contributed by atoms with Gasteiger partial charge in [-0.05, 0) is 69.2 Å². The van der Waals surface area contributed by atoms with Gasteiger partial charge in [0.2, 0.25) is 5.76 Å². The Bertz CT molecular complexity index is 870. The van der Waals surface area contributed by atoms with Crippen molar-refractivity contribution in [3.05, 3.63) is 71.0 Å². The van der Waals surface area contributed by atoms with Gasteiger partial charge in [-0.2, -0.15) is 0 Å². The van der Waals surface area contributed by atoms with Gasteiger partial charge in [-0.25, -0.2) is 4.79 Å². The second-order valence-corrected chi connectivity index (χ2v) is 7.15. The summed E-state index contributed by atoms with van der Waals surface area (Å²) in [5, 5.41) is 2.88. The molecule has 0 unspecified atom stereocenters. The number of hydrogen-bond donors (Lipinski definition) is 1. The van der Waals surface area contributed by atoms with Gasteiger partial charge in [0.25, 0.3) is 5.91 Å². The number of carbonyl (C=O) groups excluding carboxylic acids is 2. The Balaban J connectivity index is 1.88. The Hall–Kier alpha value is -3.28. The van der Waals surface area contributed by atoms with E-state index >= 15 is 0 Å². The molecule has 2 aromatic rings. The molecule has 0 fully saturated rings. The van der Waals surface area contributed by atoms with E-state index in [4.69, 9.17) is 14.2 Å². The third kappa shape index (κ3) is 8.16. The van der Waals surface area contributed by atoms with E-state index < -0.39 is 5.97 Å². The number of carbonyl (C=O) groups is 2. The SMILES string of the molecule is CCOC(=O)/C(=C/c1ccc(OCCc2ccc(C(=O)NC(C)C)cc2)cc1)OCC. The summed E-state index contributed by atoms with van der Waals surface area (Å²) in [5.41, 5.74) is 2.56. The van der Waals surface area contributed by atoms with Gasteiger partial charge in [0.1, 0.15) is 5.75 Å². The highest BCUT2D eigenvalue weighted by atomic mass is 16.6. The zero-order valence-corrected chi connectivity index (χ0v) is 18.6. The number of amides is 1. The van der Waals surface area contributed by atoms with E-state index in [2.05, 4.69) is 5.32 Å². The second kappa shape index (κ2) is 12.4. The summed E-state index contributed by atoms with van der Waals surface area (Å²) >= 11 is 0. The first-order valence-corrected chi connectivity index (χ1v) is 10.6. The predicted molar refractivity (Wildman–Crippen MR) is 121 cm³/mol. The summed E-state index contributed by atoms with van der Waals surface area (Å²) < 4.78 is 16.2. The van der Waals surface area contributed by atoms with Crippen LogP contribution in [0.2, 0.25) is 0 Å². The van der Waals surface area contributed by atoms with Crippen LogP contribution in [-0.4, -0.2) is 37.7 Å². The van der Waals surface area contributed by atoms with Crippen molar-refractivity contribution in [2.75, 3.05) is 19.8 Å². The van der Waals surface area contributed by atoms with E-state index in [0.717, 1.165) is 23.3 Å². The van der Waals surface area contributed by atoms with Gasteiger partial charge in [-0.3, -0.25) is 4.79 Å². The fraction of sp³-hybridized carbons (Fsp3) is 0.360. The highest BCUT2D eigenvalue weighted by Crippen LogP contribution is 2.16. The maximum absolute atomic E-state index is 12.0. The zero-order valence-electron chi connectivity index (χ0n) is 18.6. The van der Waals surface area contributed by atoms with Crippen LogP contribution in [0.25, 0.3) is 6.08 Å². The van der Waals surface area contributed by atoms with Gasteiger partial charge in [0.15, 0.2) is 0 Å². The van der Waals surface area contributed by atoms with E-state index in [-0.39, 0.29) is 17.7 Å². The van der Waals surface area contributed by atoms with Crippen molar-refractivity contribution >= 4 is 18.0 Å².